The Morgan fingerprint density at radius 3 is 2.75 bits per heavy atom. The maximum atomic E-state index is 5.45. The molecule has 126 valence electrons. The number of hydrogen-bond acceptors (Lipinski definition) is 6. The lowest BCUT2D eigenvalue weighted by atomic mass is 10.1. The maximum absolute atomic E-state index is 5.45. The Kier molecular flexibility index (Phi) is 3.93. The van der Waals surface area contributed by atoms with Crippen LogP contribution in [0.1, 0.15) is 31.2 Å². The van der Waals surface area contributed by atoms with Crippen LogP contribution in [-0.4, -0.2) is 50.8 Å². The summed E-state index contributed by atoms with van der Waals surface area (Å²) in [5.74, 6) is 2.36. The number of fused-ring (bicyclic) bond motifs is 1. The third kappa shape index (κ3) is 2.99. The van der Waals surface area contributed by atoms with Gasteiger partial charge in [-0.15, -0.1) is 5.10 Å². The Labute approximate surface area is 140 Å². The first-order valence-electron chi connectivity index (χ1n) is 8.42. The van der Waals surface area contributed by atoms with Gasteiger partial charge in [0.05, 0.1) is 12.2 Å². The molecule has 0 unspecified atom stereocenters. The molecule has 0 aromatic carbocycles. The molecule has 0 spiro atoms. The lowest BCUT2D eigenvalue weighted by molar-refractivity contribution is 0.219. The van der Waals surface area contributed by atoms with E-state index in [0.717, 1.165) is 55.6 Å². The number of aromatic nitrogens is 4. The average molecular weight is 326 g/mol. The van der Waals surface area contributed by atoms with E-state index in [1.807, 2.05) is 22.8 Å². The van der Waals surface area contributed by atoms with Crippen LogP contribution in [0.2, 0.25) is 0 Å². The number of hydrogen-bond donors (Lipinski definition) is 0. The summed E-state index contributed by atoms with van der Waals surface area (Å²) in [6.07, 6.45) is 3.65. The van der Waals surface area contributed by atoms with Gasteiger partial charge in [0, 0.05) is 44.6 Å². The monoisotopic (exact) mass is 326 g/mol. The van der Waals surface area contributed by atoms with Crippen LogP contribution in [0.25, 0.3) is 5.65 Å². The summed E-state index contributed by atoms with van der Waals surface area (Å²) in [6, 6.07) is 6.13. The summed E-state index contributed by atoms with van der Waals surface area (Å²) < 4.78 is 7.27. The van der Waals surface area contributed by atoms with E-state index >= 15 is 0 Å². The van der Waals surface area contributed by atoms with Gasteiger partial charge < -0.3 is 9.42 Å². The van der Waals surface area contributed by atoms with Gasteiger partial charge in [-0.2, -0.15) is 0 Å². The van der Waals surface area contributed by atoms with Gasteiger partial charge in [0.25, 0.3) is 0 Å². The molecule has 0 amide bonds. The van der Waals surface area contributed by atoms with Crippen LogP contribution in [0.4, 0.5) is 5.82 Å². The average Bonchev–Trinajstić information content (AvgIpc) is 3.24. The van der Waals surface area contributed by atoms with Crippen LogP contribution in [0.3, 0.4) is 0 Å². The number of imidazole rings is 1. The zero-order valence-corrected chi connectivity index (χ0v) is 14.1. The second kappa shape index (κ2) is 6.24. The molecule has 1 aliphatic heterocycles. The molecule has 0 N–H and O–H groups in total. The van der Waals surface area contributed by atoms with E-state index in [1.54, 1.807) is 6.20 Å². The molecule has 0 radical (unpaired) electrons. The molecule has 24 heavy (non-hydrogen) atoms. The third-order valence-electron chi connectivity index (χ3n) is 4.49. The van der Waals surface area contributed by atoms with Crippen molar-refractivity contribution in [2.45, 2.75) is 26.3 Å². The molecule has 7 heteroatoms. The van der Waals surface area contributed by atoms with E-state index in [-0.39, 0.29) is 0 Å². The fourth-order valence-electron chi connectivity index (χ4n) is 3.00. The topological polar surface area (TPSA) is 62.7 Å². The van der Waals surface area contributed by atoms with Gasteiger partial charge >= 0.3 is 0 Å². The van der Waals surface area contributed by atoms with Crippen molar-refractivity contribution in [3.63, 3.8) is 0 Å². The lowest BCUT2D eigenvalue weighted by Crippen LogP contribution is -2.46. The minimum Gasteiger partial charge on any atom is -0.360 e. The predicted molar refractivity (Wildman–Crippen MR) is 91.1 cm³/mol. The Morgan fingerprint density at radius 2 is 2.00 bits per heavy atom. The predicted octanol–water partition coefficient (Wildman–Crippen LogP) is 2.16. The van der Waals surface area contributed by atoms with Gasteiger partial charge in [-0.3, -0.25) is 4.90 Å². The zero-order valence-electron chi connectivity index (χ0n) is 14.1. The Morgan fingerprint density at radius 1 is 1.17 bits per heavy atom. The molecular weight excluding hydrogens is 304 g/mol. The van der Waals surface area contributed by atoms with Gasteiger partial charge in [-0.25, -0.2) is 9.50 Å². The number of rotatable bonds is 4. The molecule has 0 atom stereocenters. The highest BCUT2D eigenvalue weighted by Crippen LogP contribution is 2.18. The van der Waals surface area contributed by atoms with Gasteiger partial charge in [-0.05, 0) is 18.1 Å². The van der Waals surface area contributed by atoms with Crippen molar-refractivity contribution >= 4 is 11.5 Å². The summed E-state index contributed by atoms with van der Waals surface area (Å²) in [5, 5.41) is 8.76. The standard InChI is InChI=1S/C17H22N6O/c1-13(2)15-11-14(24-20-15)12-21-7-9-22(10-8-21)17-4-3-16-18-5-6-23(16)19-17/h3-6,11,13H,7-10,12H2,1-2H3. The van der Waals surface area contributed by atoms with E-state index in [9.17, 15) is 0 Å². The van der Waals surface area contributed by atoms with Crippen LogP contribution >= 0.6 is 0 Å². The normalized spacial score (nSPS) is 16.4. The van der Waals surface area contributed by atoms with E-state index in [2.05, 4.69) is 45.0 Å². The van der Waals surface area contributed by atoms with Crippen molar-refractivity contribution in [2.24, 2.45) is 0 Å². The van der Waals surface area contributed by atoms with Crippen molar-refractivity contribution < 1.29 is 4.52 Å². The molecule has 1 saturated heterocycles. The zero-order chi connectivity index (χ0) is 16.5. The van der Waals surface area contributed by atoms with Crippen molar-refractivity contribution in [3.05, 3.63) is 42.0 Å². The second-order valence-electron chi connectivity index (χ2n) is 6.56. The van der Waals surface area contributed by atoms with Crippen LogP contribution in [0, 0.1) is 0 Å². The Hall–Kier alpha value is -2.41. The minimum atomic E-state index is 0.406. The Balaban J connectivity index is 1.37. The van der Waals surface area contributed by atoms with Crippen LogP contribution in [0.15, 0.2) is 35.1 Å². The molecule has 3 aromatic rings. The second-order valence-corrected chi connectivity index (χ2v) is 6.56. The number of piperazine rings is 1. The minimum absolute atomic E-state index is 0.406. The highest BCUT2D eigenvalue weighted by molar-refractivity contribution is 5.46. The summed E-state index contributed by atoms with van der Waals surface area (Å²) in [4.78, 5) is 8.95. The quantitative estimate of drug-likeness (QED) is 0.732. The molecule has 1 fully saturated rings. The SMILES string of the molecule is CC(C)c1cc(CN2CCN(c3ccc4nccn4n3)CC2)on1. The van der Waals surface area contributed by atoms with E-state index in [1.165, 1.54) is 0 Å². The number of nitrogens with zero attached hydrogens (tertiary/aromatic N) is 6. The van der Waals surface area contributed by atoms with E-state index in [4.69, 9.17) is 4.52 Å². The summed E-state index contributed by atoms with van der Waals surface area (Å²) in [5.41, 5.74) is 1.91. The number of anilines is 1. The fourth-order valence-corrected chi connectivity index (χ4v) is 3.00. The maximum Gasteiger partial charge on any atom is 0.153 e. The van der Waals surface area contributed by atoms with Gasteiger partial charge in [0.1, 0.15) is 5.82 Å². The molecule has 0 aliphatic carbocycles. The Bertz CT molecular complexity index is 815. The van der Waals surface area contributed by atoms with Crippen molar-refractivity contribution in [1.82, 2.24) is 24.7 Å². The summed E-state index contributed by atoms with van der Waals surface area (Å²) in [7, 11) is 0. The van der Waals surface area contributed by atoms with Crippen LogP contribution in [0.5, 0.6) is 0 Å². The van der Waals surface area contributed by atoms with E-state index < -0.39 is 0 Å². The van der Waals surface area contributed by atoms with Crippen molar-refractivity contribution in [1.29, 1.82) is 0 Å². The molecule has 1 aliphatic rings. The highest BCUT2D eigenvalue weighted by Gasteiger charge is 2.20. The molecule has 4 rings (SSSR count). The van der Waals surface area contributed by atoms with Crippen LogP contribution in [-0.2, 0) is 6.54 Å². The van der Waals surface area contributed by atoms with E-state index in [0.29, 0.717) is 5.92 Å². The first-order chi connectivity index (χ1) is 11.7. The molecule has 7 nitrogen and oxygen atoms in total. The molecule has 0 saturated carbocycles. The molecule has 3 aromatic heterocycles. The van der Waals surface area contributed by atoms with Crippen molar-refractivity contribution in [3.8, 4) is 0 Å². The first-order valence-corrected chi connectivity index (χ1v) is 8.42. The summed E-state index contributed by atoms with van der Waals surface area (Å²) in [6.45, 7) is 8.97. The molecular formula is C17H22N6O. The smallest absolute Gasteiger partial charge is 0.153 e. The first kappa shape index (κ1) is 15.1. The molecule has 0 bridgehead atoms. The van der Waals surface area contributed by atoms with Gasteiger partial charge in [-0.1, -0.05) is 19.0 Å². The van der Waals surface area contributed by atoms with Crippen molar-refractivity contribution in [2.75, 3.05) is 31.1 Å². The largest absolute Gasteiger partial charge is 0.360 e. The van der Waals surface area contributed by atoms with Gasteiger partial charge in [0.2, 0.25) is 0 Å². The van der Waals surface area contributed by atoms with Crippen LogP contribution < -0.4 is 4.90 Å². The third-order valence-corrected chi connectivity index (χ3v) is 4.49. The van der Waals surface area contributed by atoms with Gasteiger partial charge in [0.15, 0.2) is 11.4 Å². The fraction of sp³-hybridized carbons (Fsp3) is 0.471. The summed E-state index contributed by atoms with van der Waals surface area (Å²) >= 11 is 0. The highest BCUT2D eigenvalue weighted by atomic mass is 16.5. The molecule has 4 heterocycles. The lowest BCUT2D eigenvalue weighted by Gasteiger charge is -2.34.